The summed E-state index contributed by atoms with van der Waals surface area (Å²) >= 11 is 0. The molecule has 4 rings (SSSR count). The number of aromatic nitrogens is 4. The molecule has 0 radical (unpaired) electrons. The van der Waals surface area contributed by atoms with E-state index in [2.05, 4.69) is 26.8 Å². The highest BCUT2D eigenvalue weighted by Gasteiger charge is 2.54. The number of morpholine rings is 1. The average molecular weight is 289 g/mol. The number of ether oxygens (including phenoxy) is 1. The largest absolute Gasteiger partial charge is 0.378 e. The van der Waals surface area contributed by atoms with Crippen molar-refractivity contribution in [3.8, 4) is 0 Å². The van der Waals surface area contributed by atoms with E-state index in [9.17, 15) is 5.11 Å². The first-order chi connectivity index (χ1) is 10.2. The molecule has 3 heterocycles. The molecule has 1 saturated carbocycles. The summed E-state index contributed by atoms with van der Waals surface area (Å²) < 4.78 is 7.16. The Morgan fingerprint density at radius 1 is 1.38 bits per heavy atom. The fraction of sp³-hybridized carbons (Fsp3) is 0.643. The summed E-state index contributed by atoms with van der Waals surface area (Å²) in [4.78, 5) is 15.4. The first-order valence-electron chi connectivity index (χ1n) is 7.48. The van der Waals surface area contributed by atoms with Gasteiger partial charge in [-0.2, -0.15) is 4.98 Å². The van der Waals surface area contributed by atoms with Gasteiger partial charge in [-0.3, -0.25) is 4.57 Å². The third-order valence-electron chi connectivity index (χ3n) is 4.52. The van der Waals surface area contributed by atoms with Crippen LogP contribution in [0.2, 0.25) is 0 Å². The van der Waals surface area contributed by atoms with Crippen molar-refractivity contribution >= 4 is 17.1 Å². The number of hydrogen-bond donors (Lipinski definition) is 1. The van der Waals surface area contributed by atoms with Gasteiger partial charge in [0.25, 0.3) is 0 Å². The Morgan fingerprint density at radius 2 is 2.19 bits per heavy atom. The van der Waals surface area contributed by atoms with E-state index in [1.165, 1.54) is 0 Å². The molecule has 112 valence electrons. The highest BCUT2D eigenvalue weighted by Crippen LogP contribution is 2.50. The minimum absolute atomic E-state index is 0.289. The zero-order valence-electron chi connectivity index (χ0n) is 12.1. The second kappa shape index (κ2) is 4.64. The van der Waals surface area contributed by atoms with E-state index in [0.717, 1.165) is 31.4 Å². The number of anilines is 1. The molecule has 0 spiro atoms. The van der Waals surface area contributed by atoms with Crippen LogP contribution in [-0.4, -0.2) is 50.9 Å². The molecule has 2 aromatic heterocycles. The van der Waals surface area contributed by atoms with Crippen LogP contribution in [0.3, 0.4) is 0 Å². The average Bonchev–Trinajstić information content (AvgIpc) is 3.02. The van der Waals surface area contributed by atoms with Crippen LogP contribution < -0.4 is 4.90 Å². The Bertz CT molecular complexity index is 666. The summed E-state index contributed by atoms with van der Waals surface area (Å²) in [5.74, 6) is 0.974. The molecule has 7 heteroatoms. The van der Waals surface area contributed by atoms with Crippen molar-refractivity contribution in [2.45, 2.75) is 25.5 Å². The van der Waals surface area contributed by atoms with Crippen LogP contribution in [0.5, 0.6) is 0 Å². The maximum Gasteiger partial charge on any atom is 0.227 e. The normalized spacial score (nSPS) is 29.0. The molecule has 1 saturated heterocycles. The van der Waals surface area contributed by atoms with Crippen LogP contribution in [0.25, 0.3) is 11.2 Å². The molecule has 2 unspecified atom stereocenters. The molecule has 2 fully saturated rings. The molecule has 1 aliphatic heterocycles. The van der Waals surface area contributed by atoms with E-state index in [0.29, 0.717) is 24.8 Å². The Hall–Kier alpha value is -1.73. The highest BCUT2D eigenvalue weighted by molar-refractivity contribution is 5.71. The van der Waals surface area contributed by atoms with Crippen molar-refractivity contribution in [2.75, 3.05) is 31.2 Å². The lowest BCUT2D eigenvalue weighted by atomic mass is 10.3. The molecule has 0 aromatic carbocycles. The van der Waals surface area contributed by atoms with Crippen molar-refractivity contribution in [1.29, 1.82) is 0 Å². The molecule has 2 atom stereocenters. The van der Waals surface area contributed by atoms with Gasteiger partial charge in [0.2, 0.25) is 5.95 Å². The van der Waals surface area contributed by atoms with E-state index in [4.69, 9.17) is 4.74 Å². The van der Waals surface area contributed by atoms with Crippen molar-refractivity contribution in [3.05, 3.63) is 12.5 Å². The van der Waals surface area contributed by atoms with E-state index in [1.54, 1.807) is 12.5 Å². The Kier molecular flexibility index (Phi) is 2.87. The predicted molar refractivity (Wildman–Crippen MR) is 76.9 cm³/mol. The van der Waals surface area contributed by atoms with Crippen LogP contribution in [0, 0.1) is 5.92 Å². The number of imidazole rings is 1. The van der Waals surface area contributed by atoms with Crippen LogP contribution >= 0.6 is 0 Å². The van der Waals surface area contributed by atoms with Crippen LogP contribution in [0.15, 0.2) is 12.5 Å². The van der Waals surface area contributed by atoms with Crippen LogP contribution in [0.1, 0.15) is 19.8 Å². The summed E-state index contributed by atoms with van der Waals surface area (Å²) in [5, 5.41) is 10.7. The highest BCUT2D eigenvalue weighted by atomic mass is 16.5. The molecule has 1 N–H and O–H groups in total. The van der Waals surface area contributed by atoms with Gasteiger partial charge >= 0.3 is 0 Å². The molecule has 0 bridgehead atoms. The van der Waals surface area contributed by atoms with Gasteiger partial charge in [-0.25, -0.2) is 9.97 Å². The number of nitrogens with zero attached hydrogens (tertiary/aromatic N) is 5. The smallest absolute Gasteiger partial charge is 0.227 e. The van der Waals surface area contributed by atoms with Gasteiger partial charge in [0.05, 0.1) is 25.7 Å². The molecule has 2 aromatic rings. The van der Waals surface area contributed by atoms with Gasteiger partial charge in [-0.05, 0) is 6.42 Å². The van der Waals surface area contributed by atoms with Crippen molar-refractivity contribution in [3.63, 3.8) is 0 Å². The van der Waals surface area contributed by atoms with Gasteiger partial charge < -0.3 is 14.7 Å². The summed E-state index contributed by atoms with van der Waals surface area (Å²) in [6, 6.07) is 0. The standard InChI is InChI=1S/C14H19N5O2/c1-2-10-7-14(10,20)19-9-16-11-8-15-13(17-12(11)19)18-3-5-21-6-4-18/h8-10,20H,2-7H2,1H3. The molecule has 0 amide bonds. The maximum absolute atomic E-state index is 10.7. The van der Waals surface area contributed by atoms with Crippen LogP contribution in [-0.2, 0) is 10.5 Å². The van der Waals surface area contributed by atoms with E-state index in [-0.39, 0.29) is 5.92 Å². The molecular formula is C14H19N5O2. The summed E-state index contributed by atoms with van der Waals surface area (Å²) in [5.41, 5.74) is 0.618. The Morgan fingerprint density at radius 3 is 2.90 bits per heavy atom. The SMILES string of the molecule is CCC1CC1(O)n1cnc2cnc(N3CCOCC3)nc21. The minimum Gasteiger partial charge on any atom is -0.378 e. The monoisotopic (exact) mass is 289 g/mol. The summed E-state index contributed by atoms with van der Waals surface area (Å²) in [6.45, 7) is 5.07. The third-order valence-corrected chi connectivity index (χ3v) is 4.52. The fourth-order valence-corrected chi connectivity index (χ4v) is 3.07. The van der Waals surface area contributed by atoms with E-state index < -0.39 is 5.72 Å². The third kappa shape index (κ3) is 1.99. The molecule has 2 aliphatic rings. The van der Waals surface area contributed by atoms with Gasteiger partial charge in [-0.1, -0.05) is 6.92 Å². The zero-order chi connectivity index (χ0) is 14.4. The second-order valence-electron chi connectivity index (χ2n) is 5.78. The van der Waals surface area contributed by atoms with E-state index in [1.807, 2.05) is 4.57 Å². The molecular weight excluding hydrogens is 270 g/mol. The fourth-order valence-electron chi connectivity index (χ4n) is 3.07. The molecule has 21 heavy (non-hydrogen) atoms. The topological polar surface area (TPSA) is 76.3 Å². The van der Waals surface area contributed by atoms with Gasteiger partial charge in [0.1, 0.15) is 11.2 Å². The number of fused-ring (bicyclic) bond motifs is 1. The summed E-state index contributed by atoms with van der Waals surface area (Å²) in [6.07, 6.45) is 5.14. The van der Waals surface area contributed by atoms with Gasteiger partial charge in [-0.15, -0.1) is 0 Å². The van der Waals surface area contributed by atoms with Gasteiger partial charge in [0, 0.05) is 25.4 Å². The van der Waals surface area contributed by atoms with Gasteiger partial charge in [0.15, 0.2) is 5.65 Å². The number of rotatable bonds is 3. The Balaban J connectivity index is 1.73. The lowest BCUT2D eigenvalue weighted by Gasteiger charge is -2.26. The minimum atomic E-state index is -0.819. The van der Waals surface area contributed by atoms with E-state index >= 15 is 0 Å². The molecule has 7 nitrogen and oxygen atoms in total. The van der Waals surface area contributed by atoms with Crippen molar-refractivity contribution in [2.24, 2.45) is 5.92 Å². The lowest BCUT2D eigenvalue weighted by Crippen LogP contribution is -2.37. The lowest BCUT2D eigenvalue weighted by molar-refractivity contribution is 0.0575. The Labute approximate surface area is 122 Å². The van der Waals surface area contributed by atoms with Crippen molar-refractivity contribution < 1.29 is 9.84 Å². The predicted octanol–water partition coefficient (Wildman–Crippen LogP) is 0.738. The first kappa shape index (κ1) is 13.0. The van der Waals surface area contributed by atoms with Crippen molar-refractivity contribution in [1.82, 2.24) is 19.5 Å². The molecule has 1 aliphatic carbocycles. The number of hydrogen-bond acceptors (Lipinski definition) is 6. The summed E-state index contributed by atoms with van der Waals surface area (Å²) in [7, 11) is 0. The quantitative estimate of drug-likeness (QED) is 0.898. The second-order valence-corrected chi connectivity index (χ2v) is 5.78. The van der Waals surface area contributed by atoms with Crippen LogP contribution in [0.4, 0.5) is 5.95 Å². The zero-order valence-corrected chi connectivity index (χ0v) is 12.1. The maximum atomic E-state index is 10.7. The number of aliphatic hydroxyl groups is 1. The first-order valence-corrected chi connectivity index (χ1v) is 7.48.